The zero-order valence-corrected chi connectivity index (χ0v) is 17.9. The molecule has 0 radical (unpaired) electrons. The number of carbonyl (C=O) groups excluding carboxylic acids is 2. The van der Waals surface area contributed by atoms with Gasteiger partial charge in [0.2, 0.25) is 0 Å². The fourth-order valence-corrected chi connectivity index (χ4v) is 3.50. The van der Waals surface area contributed by atoms with E-state index < -0.39 is 11.8 Å². The van der Waals surface area contributed by atoms with Crippen molar-refractivity contribution in [2.24, 2.45) is 0 Å². The first-order valence-electron chi connectivity index (χ1n) is 10.2. The summed E-state index contributed by atoms with van der Waals surface area (Å²) in [7, 11) is 1.67. The first kappa shape index (κ1) is 21.6. The molecular weight excluding hydrogens is 380 g/mol. The largest absolute Gasteiger partial charge is 0.497 e. The molecule has 0 saturated carbocycles. The molecule has 1 fully saturated rings. The van der Waals surface area contributed by atoms with Gasteiger partial charge in [-0.2, -0.15) is 0 Å². The normalized spacial score (nSPS) is 14.3. The highest BCUT2D eigenvalue weighted by Crippen LogP contribution is 2.20. The summed E-state index contributed by atoms with van der Waals surface area (Å²) in [6, 6.07) is 13.7. The second-order valence-corrected chi connectivity index (χ2v) is 7.48. The summed E-state index contributed by atoms with van der Waals surface area (Å²) in [5, 5.41) is 5.41. The first-order chi connectivity index (χ1) is 14.5. The van der Waals surface area contributed by atoms with E-state index >= 15 is 0 Å². The van der Waals surface area contributed by atoms with Gasteiger partial charge in [-0.15, -0.1) is 0 Å². The number of nitrogens with one attached hydrogen (secondary N) is 2. The van der Waals surface area contributed by atoms with E-state index in [-0.39, 0.29) is 0 Å². The lowest BCUT2D eigenvalue weighted by Crippen LogP contribution is -2.49. The molecule has 0 atom stereocenters. The molecule has 0 spiro atoms. The van der Waals surface area contributed by atoms with Gasteiger partial charge in [-0.1, -0.05) is 12.1 Å². The van der Waals surface area contributed by atoms with Crippen LogP contribution in [0.5, 0.6) is 5.75 Å². The first-order valence-corrected chi connectivity index (χ1v) is 10.2. The van der Waals surface area contributed by atoms with Crippen LogP contribution in [0.2, 0.25) is 0 Å². The lowest BCUT2D eigenvalue weighted by Gasteiger charge is -2.36. The van der Waals surface area contributed by atoms with Crippen molar-refractivity contribution in [3.05, 3.63) is 53.6 Å². The van der Waals surface area contributed by atoms with Gasteiger partial charge in [-0.05, 0) is 55.3 Å². The molecule has 3 rings (SSSR count). The molecule has 0 unspecified atom stereocenters. The molecule has 0 bridgehead atoms. The predicted molar refractivity (Wildman–Crippen MR) is 119 cm³/mol. The van der Waals surface area contributed by atoms with Crippen LogP contribution in [0, 0.1) is 13.8 Å². The molecule has 2 N–H and O–H groups in total. The Bertz CT molecular complexity index is 875. The van der Waals surface area contributed by atoms with Crippen LogP contribution in [0.15, 0.2) is 42.5 Å². The van der Waals surface area contributed by atoms with Crippen LogP contribution >= 0.6 is 0 Å². The summed E-state index contributed by atoms with van der Waals surface area (Å²) in [5.74, 6) is -0.379. The molecule has 1 saturated heterocycles. The number of methoxy groups -OCH3 is 1. The summed E-state index contributed by atoms with van der Waals surface area (Å²) >= 11 is 0. The average molecular weight is 411 g/mol. The average Bonchev–Trinajstić information content (AvgIpc) is 2.77. The van der Waals surface area contributed by atoms with Gasteiger partial charge in [0.05, 0.1) is 7.11 Å². The van der Waals surface area contributed by atoms with Gasteiger partial charge < -0.3 is 20.3 Å². The number of rotatable bonds is 6. The van der Waals surface area contributed by atoms with Gasteiger partial charge in [0.15, 0.2) is 0 Å². The summed E-state index contributed by atoms with van der Waals surface area (Å²) in [6.45, 7) is 8.74. The van der Waals surface area contributed by atoms with Crippen molar-refractivity contribution in [3.63, 3.8) is 0 Å². The zero-order chi connectivity index (χ0) is 21.5. The van der Waals surface area contributed by atoms with E-state index in [0.29, 0.717) is 12.2 Å². The summed E-state index contributed by atoms with van der Waals surface area (Å²) < 4.78 is 5.21. The van der Waals surface area contributed by atoms with E-state index in [1.54, 1.807) is 13.2 Å². The summed E-state index contributed by atoms with van der Waals surface area (Å²) in [5.41, 5.74) is 3.90. The number of nitrogens with zero attached hydrogens (tertiary/aromatic N) is 2. The molecule has 2 amide bonds. The Kier molecular flexibility index (Phi) is 7.30. The molecule has 1 heterocycles. The van der Waals surface area contributed by atoms with Crippen molar-refractivity contribution in [2.45, 2.75) is 13.8 Å². The Morgan fingerprint density at radius 2 is 1.67 bits per heavy atom. The van der Waals surface area contributed by atoms with E-state index in [1.807, 2.05) is 38.1 Å². The number of anilines is 2. The highest BCUT2D eigenvalue weighted by molar-refractivity contribution is 6.39. The fourth-order valence-electron chi connectivity index (χ4n) is 3.50. The molecule has 1 aliphatic heterocycles. The minimum atomic E-state index is -0.631. The van der Waals surface area contributed by atoms with Crippen LogP contribution in [0.4, 0.5) is 11.4 Å². The van der Waals surface area contributed by atoms with Gasteiger partial charge in [0, 0.05) is 50.6 Å². The predicted octanol–water partition coefficient (Wildman–Crippen LogP) is 2.19. The third kappa shape index (κ3) is 5.51. The van der Waals surface area contributed by atoms with Crippen LogP contribution < -0.4 is 20.3 Å². The van der Waals surface area contributed by atoms with Crippen molar-refractivity contribution in [1.29, 1.82) is 0 Å². The SMILES string of the molecule is COc1ccc(N2CCN(CCNC(=O)C(=O)Nc3cccc(C)c3C)CC2)cc1. The Balaban J connectivity index is 1.38. The Morgan fingerprint density at radius 3 is 2.33 bits per heavy atom. The van der Waals surface area contributed by atoms with Crippen molar-refractivity contribution in [3.8, 4) is 5.75 Å². The summed E-state index contributed by atoms with van der Waals surface area (Å²) in [4.78, 5) is 28.9. The highest BCUT2D eigenvalue weighted by atomic mass is 16.5. The number of piperazine rings is 1. The highest BCUT2D eigenvalue weighted by Gasteiger charge is 2.18. The van der Waals surface area contributed by atoms with Gasteiger partial charge in [0.25, 0.3) is 0 Å². The minimum Gasteiger partial charge on any atom is -0.497 e. The molecule has 160 valence electrons. The Labute approximate surface area is 178 Å². The van der Waals surface area contributed by atoms with Crippen LogP contribution in [0.25, 0.3) is 0 Å². The monoisotopic (exact) mass is 410 g/mol. The van der Waals surface area contributed by atoms with E-state index in [2.05, 4.69) is 32.6 Å². The van der Waals surface area contributed by atoms with E-state index in [9.17, 15) is 9.59 Å². The van der Waals surface area contributed by atoms with Crippen molar-refractivity contribution >= 4 is 23.2 Å². The van der Waals surface area contributed by atoms with Gasteiger partial charge >= 0.3 is 11.8 Å². The Morgan fingerprint density at radius 1 is 0.967 bits per heavy atom. The maximum Gasteiger partial charge on any atom is 0.313 e. The second-order valence-electron chi connectivity index (χ2n) is 7.48. The lowest BCUT2D eigenvalue weighted by molar-refractivity contribution is -0.136. The number of hydrogen-bond donors (Lipinski definition) is 2. The molecule has 0 aliphatic carbocycles. The number of carbonyl (C=O) groups is 2. The molecule has 0 aromatic heterocycles. The quantitative estimate of drug-likeness (QED) is 0.714. The van der Waals surface area contributed by atoms with Crippen molar-refractivity contribution in [1.82, 2.24) is 10.2 Å². The maximum absolute atomic E-state index is 12.2. The standard InChI is InChI=1S/C23H30N4O3/c1-17-5-4-6-21(18(17)2)25-23(29)22(28)24-11-12-26-13-15-27(16-14-26)19-7-9-20(30-3)10-8-19/h4-10H,11-16H2,1-3H3,(H,24,28)(H,25,29). The number of hydrogen-bond acceptors (Lipinski definition) is 5. The third-order valence-electron chi connectivity index (χ3n) is 5.58. The second kappa shape index (κ2) is 10.1. The van der Waals surface area contributed by atoms with Crippen LogP contribution in [-0.2, 0) is 9.59 Å². The number of amides is 2. The van der Waals surface area contributed by atoms with Gasteiger partial charge in [-0.3, -0.25) is 14.5 Å². The fraction of sp³-hybridized carbons (Fsp3) is 0.391. The van der Waals surface area contributed by atoms with Crippen molar-refractivity contribution < 1.29 is 14.3 Å². The molecule has 2 aromatic carbocycles. The van der Waals surface area contributed by atoms with E-state index in [4.69, 9.17) is 4.74 Å². The minimum absolute atomic E-state index is 0.446. The molecule has 30 heavy (non-hydrogen) atoms. The molecule has 2 aromatic rings. The van der Waals surface area contributed by atoms with Crippen LogP contribution in [0.3, 0.4) is 0 Å². The topological polar surface area (TPSA) is 73.9 Å². The maximum atomic E-state index is 12.2. The molecule has 7 nitrogen and oxygen atoms in total. The molecular formula is C23H30N4O3. The molecule has 7 heteroatoms. The smallest absolute Gasteiger partial charge is 0.313 e. The molecule has 1 aliphatic rings. The summed E-state index contributed by atoms with van der Waals surface area (Å²) in [6.07, 6.45) is 0. The number of benzene rings is 2. The van der Waals surface area contributed by atoms with E-state index in [0.717, 1.165) is 49.6 Å². The zero-order valence-electron chi connectivity index (χ0n) is 17.9. The Hall–Kier alpha value is -3.06. The number of aryl methyl sites for hydroxylation is 1. The lowest BCUT2D eigenvalue weighted by atomic mass is 10.1. The van der Waals surface area contributed by atoms with Crippen LogP contribution in [0.1, 0.15) is 11.1 Å². The van der Waals surface area contributed by atoms with Gasteiger partial charge in [0.1, 0.15) is 5.75 Å². The van der Waals surface area contributed by atoms with E-state index in [1.165, 1.54) is 5.69 Å². The van der Waals surface area contributed by atoms with Crippen LogP contribution in [-0.4, -0.2) is 63.1 Å². The number of ether oxygens (including phenoxy) is 1. The third-order valence-corrected chi connectivity index (χ3v) is 5.58. The van der Waals surface area contributed by atoms with Crippen molar-refractivity contribution in [2.75, 3.05) is 56.6 Å². The van der Waals surface area contributed by atoms with Gasteiger partial charge in [-0.25, -0.2) is 0 Å².